The second-order valence-electron chi connectivity index (χ2n) is 4.72. The average Bonchev–Trinajstić information content (AvgIpc) is 2.99. The van der Waals surface area contributed by atoms with E-state index in [1.807, 2.05) is 0 Å². The van der Waals surface area contributed by atoms with Gasteiger partial charge in [0.05, 0.1) is 20.3 Å². The summed E-state index contributed by atoms with van der Waals surface area (Å²) in [5.74, 6) is 0.843. The van der Waals surface area contributed by atoms with Gasteiger partial charge in [0.2, 0.25) is 0 Å². The van der Waals surface area contributed by atoms with Crippen molar-refractivity contribution in [3.8, 4) is 11.5 Å². The molecule has 0 saturated carbocycles. The van der Waals surface area contributed by atoms with Gasteiger partial charge in [0.1, 0.15) is 17.1 Å². The summed E-state index contributed by atoms with van der Waals surface area (Å²) in [5.41, 5.74) is 0.435. The summed E-state index contributed by atoms with van der Waals surface area (Å²) in [6.45, 7) is 1.42. The molecule has 1 atom stereocenters. The van der Waals surface area contributed by atoms with Crippen molar-refractivity contribution < 1.29 is 19.0 Å². The largest absolute Gasteiger partial charge is 0.496 e. The number of methoxy groups -OCH3 is 2. The summed E-state index contributed by atoms with van der Waals surface area (Å²) in [6.07, 6.45) is 3.30. The average molecular weight is 279 g/mol. The number of carbonyl (C=O) groups excluding carboxylic acids is 1. The van der Waals surface area contributed by atoms with Crippen LogP contribution in [0.1, 0.15) is 29.6 Å². The monoisotopic (exact) mass is 279 g/mol. The van der Waals surface area contributed by atoms with E-state index in [-0.39, 0.29) is 12.0 Å². The summed E-state index contributed by atoms with van der Waals surface area (Å²) in [7, 11) is 3.08. The lowest BCUT2D eigenvalue weighted by atomic mass is 10.1. The third-order valence-electron chi connectivity index (χ3n) is 3.43. The highest BCUT2D eigenvalue weighted by molar-refractivity contribution is 5.99. The van der Waals surface area contributed by atoms with Gasteiger partial charge in [0.15, 0.2) is 0 Å². The maximum absolute atomic E-state index is 12.3. The lowest BCUT2D eigenvalue weighted by molar-refractivity contribution is 0.0902. The molecule has 1 aliphatic rings. The SMILES string of the molecule is COc1cccc(OC)c1C(=O)NCCC1CCCO1. The zero-order chi connectivity index (χ0) is 14.4. The zero-order valence-corrected chi connectivity index (χ0v) is 12.0. The van der Waals surface area contributed by atoms with Gasteiger partial charge in [-0.15, -0.1) is 0 Å². The lowest BCUT2D eigenvalue weighted by Gasteiger charge is -2.14. The van der Waals surface area contributed by atoms with Crippen molar-refractivity contribution in [2.75, 3.05) is 27.4 Å². The molecule has 1 aromatic carbocycles. The predicted molar refractivity (Wildman–Crippen MR) is 75.5 cm³/mol. The maximum atomic E-state index is 12.3. The van der Waals surface area contributed by atoms with E-state index in [1.165, 1.54) is 14.2 Å². The number of nitrogens with one attached hydrogen (secondary N) is 1. The summed E-state index contributed by atoms with van der Waals surface area (Å²) in [5, 5.41) is 2.90. The van der Waals surface area contributed by atoms with Gasteiger partial charge in [-0.2, -0.15) is 0 Å². The molecule has 1 saturated heterocycles. The molecule has 1 N–H and O–H groups in total. The smallest absolute Gasteiger partial charge is 0.258 e. The quantitative estimate of drug-likeness (QED) is 0.865. The van der Waals surface area contributed by atoms with Gasteiger partial charge in [-0.3, -0.25) is 4.79 Å². The van der Waals surface area contributed by atoms with Gasteiger partial charge in [-0.25, -0.2) is 0 Å². The normalized spacial score (nSPS) is 17.8. The van der Waals surface area contributed by atoms with Crippen LogP contribution in [0.25, 0.3) is 0 Å². The molecule has 110 valence electrons. The Morgan fingerprint density at radius 1 is 1.35 bits per heavy atom. The first kappa shape index (κ1) is 14.7. The van der Waals surface area contributed by atoms with E-state index in [9.17, 15) is 4.79 Å². The number of amides is 1. The van der Waals surface area contributed by atoms with Crippen molar-refractivity contribution in [1.29, 1.82) is 0 Å². The fraction of sp³-hybridized carbons (Fsp3) is 0.533. The Bertz CT molecular complexity index is 433. The second-order valence-corrected chi connectivity index (χ2v) is 4.72. The third kappa shape index (κ3) is 3.42. The fourth-order valence-electron chi connectivity index (χ4n) is 2.38. The molecular formula is C15H21NO4. The van der Waals surface area contributed by atoms with Crippen molar-refractivity contribution >= 4 is 5.91 Å². The molecule has 0 radical (unpaired) electrons. The summed E-state index contributed by atoms with van der Waals surface area (Å²) >= 11 is 0. The van der Waals surface area contributed by atoms with E-state index in [1.54, 1.807) is 18.2 Å². The first-order valence-electron chi connectivity index (χ1n) is 6.87. The molecule has 0 bridgehead atoms. The van der Waals surface area contributed by atoms with Gasteiger partial charge in [0.25, 0.3) is 5.91 Å². The highest BCUT2D eigenvalue weighted by Crippen LogP contribution is 2.28. The molecule has 1 aromatic rings. The van der Waals surface area contributed by atoms with E-state index < -0.39 is 0 Å². The van der Waals surface area contributed by atoms with E-state index in [2.05, 4.69) is 5.32 Å². The van der Waals surface area contributed by atoms with Crippen LogP contribution in [0.3, 0.4) is 0 Å². The molecule has 2 rings (SSSR count). The molecule has 1 fully saturated rings. The predicted octanol–water partition coefficient (Wildman–Crippen LogP) is 2.00. The van der Waals surface area contributed by atoms with Gasteiger partial charge >= 0.3 is 0 Å². The second kappa shape index (κ2) is 7.14. The van der Waals surface area contributed by atoms with Crippen LogP contribution in [-0.4, -0.2) is 39.4 Å². The highest BCUT2D eigenvalue weighted by Gasteiger charge is 2.19. The van der Waals surface area contributed by atoms with E-state index >= 15 is 0 Å². The lowest BCUT2D eigenvalue weighted by Crippen LogP contribution is -2.27. The summed E-state index contributed by atoms with van der Waals surface area (Å²) < 4.78 is 16.0. The standard InChI is InChI=1S/C15H21NO4/c1-18-12-6-3-7-13(19-2)14(12)15(17)16-9-8-11-5-4-10-20-11/h3,6-7,11H,4-5,8-10H2,1-2H3,(H,16,17). The van der Waals surface area contributed by atoms with Gasteiger partial charge < -0.3 is 19.5 Å². The molecular weight excluding hydrogens is 258 g/mol. The fourth-order valence-corrected chi connectivity index (χ4v) is 2.38. The Morgan fingerprint density at radius 2 is 2.05 bits per heavy atom. The first-order chi connectivity index (χ1) is 9.76. The number of hydrogen-bond acceptors (Lipinski definition) is 4. The molecule has 20 heavy (non-hydrogen) atoms. The molecule has 0 spiro atoms. The molecule has 5 nitrogen and oxygen atoms in total. The van der Waals surface area contributed by atoms with E-state index in [0.717, 1.165) is 25.9 Å². The van der Waals surface area contributed by atoms with Gasteiger partial charge in [-0.1, -0.05) is 6.07 Å². The molecule has 0 aliphatic carbocycles. The summed E-state index contributed by atoms with van der Waals surface area (Å²) in [4.78, 5) is 12.3. The van der Waals surface area contributed by atoms with Crippen molar-refractivity contribution in [1.82, 2.24) is 5.32 Å². The molecule has 5 heteroatoms. The van der Waals surface area contributed by atoms with Crippen molar-refractivity contribution in [2.24, 2.45) is 0 Å². The van der Waals surface area contributed by atoms with E-state index in [4.69, 9.17) is 14.2 Å². The molecule has 1 amide bonds. The first-order valence-corrected chi connectivity index (χ1v) is 6.87. The Morgan fingerprint density at radius 3 is 2.60 bits per heavy atom. The van der Waals surface area contributed by atoms with Crippen molar-refractivity contribution in [3.63, 3.8) is 0 Å². The highest BCUT2D eigenvalue weighted by atomic mass is 16.5. The molecule has 1 unspecified atom stereocenters. The number of rotatable bonds is 6. The van der Waals surface area contributed by atoms with Crippen LogP contribution in [0, 0.1) is 0 Å². The minimum atomic E-state index is -0.183. The van der Waals surface area contributed by atoms with E-state index in [0.29, 0.717) is 23.6 Å². The Hall–Kier alpha value is -1.75. The number of ether oxygens (including phenoxy) is 3. The van der Waals surface area contributed by atoms with Gasteiger partial charge in [0, 0.05) is 13.2 Å². The van der Waals surface area contributed by atoms with Crippen LogP contribution in [0.2, 0.25) is 0 Å². The van der Waals surface area contributed by atoms with Crippen LogP contribution in [0.4, 0.5) is 0 Å². The third-order valence-corrected chi connectivity index (χ3v) is 3.43. The molecule has 1 aliphatic heterocycles. The molecule has 0 aromatic heterocycles. The van der Waals surface area contributed by atoms with Crippen LogP contribution in [0.5, 0.6) is 11.5 Å². The van der Waals surface area contributed by atoms with Crippen molar-refractivity contribution in [3.05, 3.63) is 23.8 Å². The Balaban J connectivity index is 1.97. The van der Waals surface area contributed by atoms with Crippen LogP contribution >= 0.6 is 0 Å². The number of carbonyl (C=O) groups is 1. The van der Waals surface area contributed by atoms with Crippen LogP contribution in [0.15, 0.2) is 18.2 Å². The topological polar surface area (TPSA) is 56.8 Å². The Kier molecular flexibility index (Phi) is 5.24. The molecule has 1 heterocycles. The zero-order valence-electron chi connectivity index (χ0n) is 12.0. The number of hydrogen-bond donors (Lipinski definition) is 1. The van der Waals surface area contributed by atoms with Crippen molar-refractivity contribution in [2.45, 2.75) is 25.4 Å². The number of benzene rings is 1. The van der Waals surface area contributed by atoms with Crippen LogP contribution in [-0.2, 0) is 4.74 Å². The summed E-state index contributed by atoms with van der Waals surface area (Å²) in [6, 6.07) is 5.29. The minimum absolute atomic E-state index is 0.183. The Labute approximate surface area is 119 Å². The van der Waals surface area contributed by atoms with Gasteiger partial charge in [-0.05, 0) is 31.4 Å². The minimum Gasteiger partial charge on any atom is -0.496 e. The maximum Gasteiger partial charge on any atom is 0.258 e. The van der Waals surface area contributed by atoms with Crippen LogP contribution < -0.4 is 14.8 Å².